The number of hydrogen-bond acceptors (Lipinski definition) is 8. The maximum atomic E-state index is 15.0. The molecule has 12 heteroatoms. The van der Waals surface area contributed by atoms with E-state index in [0.717, 1.165) is 41.1 Å². The van der Waals surface area contributed by atoms with Crippen molar-refractivity contribution >= 4 is 44.2 Å². The van der Waals surface area contributed by atoms with E-state index in [0.29, 0.717) is 41.4 Å². The van der Waals surface area contributed by atoms with Crippen LogP contribution in [-0.2, 0) is 16.6 Å². The minimum absolute atomic E-state index is 0.303. The fraction of sp³-hybridized carbons (Fsp3) is 0.320. The van der Waals surface area contributed by atoms with E-state index in [1.165, 1.54) is 13.1 Å². The van der Waals surface area contributed by atoms with E-state index in [4.69, 9.17) is 0 Å². The second-order valence-electron chi connectivity index (χ2n) is 9.23. The van der Waals surface area contributed by atoms with Crippen molar-refractivity contribution in [3.63, 3.8) is 0 Å². The van der Waals surface area contributed by atoms with Gasteiger partial charge in [0.05, 0.1) is 18.5 Å². The molecule has 0 bridgehead atoms. The molecule has 0 radical (unpaired) electrons. The Hall–Kier alpha value is -3.77. The first kappa shape index (κ1) is 24.9. The Morgan fingerprint density at radius 3 is 2.84 bits per heavy atom. The van der Waals surface area contributed by atoms with Crippen molar-refractivity contribution in [2.24, 2.45) is 0 Å². The van der Waals surface area contributed by atoms with Gasteiger partial charge in [-0.1, -0.05) is 6.07 Å². The molecule has 0 saturated carbocycles. The zero-order chi connectivity index (χ0) is 26.2. The topological polar surface area (TPSA) is 108 Å². The summed E-state index contributed by atoms with van der Waals surface area (Å²) < 4.78 is 42.2. The zero-order valence-electron chi connectivity index (χ0n) is 20.9. The third kappa shape index (κ3) is 5.35. The Labute approximate surface area is 215 Å². The van der Waals surface area contributed by atoms with Gasteiger partial charge in [0.25, 0.3) is 0 Å². The maximum absolute atomic E-state index is 15.0. The molecule has 4 heterocycles. The van der Waals surface area contributed by atoms with Gasteiger partial charge in [-0.2, -0.15) is 4.98 Å². The summed E-state index contributed by atoms with van der Waals surface area (Å²) in [7, 11) is -1.99. The summed E-state index contributed by atoms with van der Waals surface area (Å²) in [6.45, 7) is 4.76. The molecule has 1 saturated heterocycles. The molecule has 0 unspecified atom stereocenters. The monoisotopic (exact) mass is 524 g/mol. The van der Waals surface area contributed by atoms with Crippen molar-refractivity contribution in [2.75, 3.05) is 47.5 Å². The minimum Gasteiger partial charge on any atom is -0.366 e. The van der Waals surface area contributed by atoms with Gasteiger partial charge < -0.3 is 20.1 Å². The van der Waals surface area contributed by atoms with Crippen LogP contribution < -0.4 is 19.8 Å². The van der Waals surface area contributed by atoms with Crippen LogP contribution in [0.5, 0.6) is 0 Å². The Morgan fingerprint density at radius 1 is 1.24 bits per heavy atom. The molecule has 3 aromatic heterocycles. The quantitative estimate of drug-likeness (QED) is 0.380. The number of benzene rings is 1. The Kier molecular flexibility index (Phi) is 6.69. The van der Waals surface area contributed by atoms with Crippen molar-refractivity contribution in [2.45, 2.75) is 19.5 Å². The fourth-order valence-electron chi connectivity index (χ4n) is 4.46. The van der Waals surface area contributed by atoms with Crippen LogP contribution in [0.25, 0.3) is 11.0 Å². The number of pyridine rings is 1. The van der Waals surface area contributed by atoms with Gasteiger partial charge in [-0.25, -0.2) is 22.8 Å². The number of halogens is 1. The third-order valence-corrected chi connectivity index (χ3v) is 7.59. The number of anilines is 4. The van der Waals surface area contributed by atoms with Gasteiger partial charge >= 0.3 is 0 Å². The summed E-state index contributed by atoms with van der Waals surface area (Å²) in [4.78, 5) is 15.3. The van der Waals surface area contributed by atoms with Gasteiger partial charge in [-0.05, 0) is 37.3 Å². The summed E-state index contributed by atoms with van der Waals surface area (Å²) in [5, 5.41) is 7.29. The van der Waals surface area contributed by atoms with Crippen LogP contribution in [0.2, 0.25) is 0 Å². The van der Waals surface area contributed by atoms with Gasteiger partial charge in [-0.15, -0.1) is 0 Å². The molecular weight excluding hydrogens is 495 g/mol. The lowest BCUT2D eigenvalue weighted by molar-refractivity contribution is 0.478. The Balaban J connectivity index is 1.39. The van der Waals surface area contributed by atoms with E-state index in [1.54, 1.807) is 24.5 Å². The summed E-state index contributed by atoms with van der Waals surface area (Å²) in [6, 6.07) is 10.8. The molecule has 2 N–H and O–H groups in total. The standard InChI is InChI=1S/C25H29FN8O2S/c1-17-15-33(12-10-27-17)22-7-6-20(13-21(22)26)30-25-29-14-18-8-11-34(24(18)31-25)16-19-5-4-9-28-23(19)32(2)37(3,35)36/h4-9,11,13-14,17,27H,10,12,15-16H2,1-3H3,(H,29,30,31)/t17-/m1/s1. The predicted molar refractivity (Wildman–Crippen MR) is 143 cm³/mol. The summed E-state index contributed by atoms with van der Waals surface area (Å²) in [5.41, 5.74) is 2.50. The summed E-state index contributed by atoms with van der Waals surface area (Å²) in [6.07, 6.45) is 6.26. The van der Waals surface area contributed by atoms with E-state index in [2.05, 4.69) is 32.5 Å². The highest BCUT2D eigenvalue weighted by molar-refractivity contribution is 7.92. The molecule has 194 valence electrons. The van der Waals surface area contributed by atoms with E-state index < -0.39 is 10.0 Å². The van der Waals surface area contributed by atoms with Crippen molar-refractivity contribution in [3.8, 4) is 0 Å². The summed E-state index contributed by atoms with van der Waals surface area (Å²) in [5.74, 6) is 0.381. The van der Waals surface area contributed by atoms with Gasteiger partial charge in [0.2, 0.25) is 16.0 Å². The van der Waals surface area contributed by atoms with Crippen LogP contribution >= 0.6 is 0 Å². The molecule has 1 fully saturated rings. The zero-order valence-corrected chi connectivity index (χ0v) is 21.7. The molecule has 5 rings (SSSR count). The molecule has 37 heavy (non-hydrogen) atoms. The lowest BCUT2D eigenvalue weighted by atomic mass is 10.2. The number of aromatic nitrogens is 4. The first-order valence-electron chi connectivity index (χ1n) is 11.9. The average molecular weight is 525 g/mol. The molecular formula is C25H29FN8O2S. The average Bonchev–Trinajstić information content (AvgIpc) is 3.25. The smallest absolute Gasteiger partial charge is 0.233 e. The molecule has 10 nitrogen and oxygen atoms in total. The van der Waals surface area contributed by atoms with Crippen molar-refractivity contribution in [3.05, 3.63) is 66.4 Å². The normalized spacial score (nSPS) is 16.2. The van der Waals surface area contributed by atoms with Crippen LogP contribution in [0.15, 0.2) is 55.0 Å². The number of rotatable bonds is 7. The fourth-order valence-corrected chi connectivity index (χ4v) is 4.94. The number of hydrogen-bond donors (Lipinski definition) is 2. The van der Waals surface area contributed by atoms with Crippen LogP contribution in [0.3, 0.4) is 0 Å². The highest BCUT2D eigenvalue weighted by atomic mass is 32.2. The van der Waals surface area contributed by atoms with Crippen molar-refractivity contribution in [1.82, 2.24) is 24.8 Å². The van der Waals surface area contributed by atoms with Crippen LogP contribution in [0.4, 0.5) is 27.5 Å². The highest BCUT2D eigenvalue weighted by Gasteiger charge is 2.20. The predicted octanol–water partition coefficient (Wildman–Crippen LogP) is 2.95. The van der Waals surface area contributed by atoms with E-state index in [-0.39, 0.29) is 5.82 Å². The summed E-state index contributed by atoms with van der Waals surface area (Å²) >= 11 is 0. The molecule has 4 aromatic rings. The molecule has 1 aromatic carbocycles. The van der Waals surface area contributed by atoms with Crippen LogP contribution in [-0.4, -0.2) is 66.9 Å². The molecule has 0 spiro atoms. The van der Waals surface area contributed by atoms with E-state index >= 15 is 0 Å². The van der Waals surface area contributed by atoms with Gasteiger partial charge in [0.1, 0.15) is 17.3 Å². The highest BCUT2D eigenvalue weighted by Crippen LogP contribution is 2.26. The lowest BCUT2D eigenvalue weighted by Crippen LogP contribution is -2.49. The van der Waals surface area contributed by atoms with E-state index in [1.807, 2.05) is 33.9 Å². The molecule has 1 atom stereocenters. The third-order valence-electron chi connectivity index (χ3n) is 6.42. The van der Waals surface area contributed by atoms with Crippen molar-refractivity contribution < 1.29 is 12.8 Å². The van der Waals surface area contributed by atoms with Gasteiger partial charge in [-0.3, -0.25) is 4.31 Å². The lowest BCUT2D eigenvalue weighted by Gasteiger charge is -2.33. The number of nitrogens with zero attached hydrogens (tertiary/aromatic N) is 6. The van der Waals surface area contributed by atoms with E-state index in [9.17, 15) is 12.8 Å². The number of nitrogens with one attached hydrogen (secondary N) is 2. The molecule has 0 aliphatic carbocycles. The van der Waals surface area contributed by atoms with Crippen molar-refractivity contribution in [1.29, 1.82) is 0 Å². The van der Waals surface area contributed by atoms with Crippen LogP contribution in [0.1, 0.15) is 12.5 Å². The van der Waals surface area contributed by atoms with Gasteiger partial charge in [0.15, 0.2) is 0 Å². The molecule has 1 aliphatic heterocycles. The number of sulfonamides is 1. The Bertz CT molecular complexity index is 1540. The maximum Gasteiger partial charge on any atom is 0.233 e. The van der Waals surface area contributed by atoms with Gasteiger partial charge in [0, 0.05) is 68.0 Å². The number of piperazine rings is 1. The Morgan fingerprint density at radius 2 is 2.08 bits per heavy atom. The first-order chi connectivity index (χ1) is 17.7. The minimum atomic E-state index is -3.47. The number of fused-ring (bicyclic) bond motifs is 1. The second kappa shape index (κ2) is 9.94. The first-order valence-corrected chi connectivity index (χ1v) is 13.8. The SMILES string of the molecule is C[C@@H]1CN(c2ccc(Nc3ncc4ccn(Cc5cccnc5N(C)S(C)(=O)=O)c4n3)cc2F)CCN1. The molecule has 0 amide bonds. The van der Waals surface area contributed by atoms with Crippen LogP contribution in [0, 0.1) is 5.82 Å². The largest absolute Gasteiger partial charge is 0.366 e. The molecule has 1 aliphatic rings. The second-order valence-corrected chi connectivity index (χ2v) is 11.2.